The zero-order valence-electron chi connectivity index (χ0n) is 15.1. The molecule has 0 aliphatic rings. The van der Waals surface area contributed by atoms with Crippen LogP contribution in [0.2, 0.25) is 0 Å². The highest BCUT2D eigenvalue weighted by molar-refractivity contribution is 6.05. The lowest BCUT2D eigenvalue weighted by Crippen LogP contribution is -2.36. The highest BCUT2D eigenvalue weighted by atomic mass is 16.3. The summed E-state index contributed by atoms with van der Waals surface area (Å²) in [4.78, 5) is 29.1. The Bertz CT molecular complexity index is 923. The largest absolute Gasteiger partial charge is 0.465 e. The smallest absolute Gasteiger partial charge is 0.268 e. The summed E-state index contributed by atoms with van der Waals surface area (Å²) in [5, 5.41) is 8.52. The quantitative estimate of drug-likeness (QED) is 0.415. The molecule has 28 heavy (non-hydrogen) atoms. The first-order valence-corrected chi connectivity index (χ1v) is 8.77. The summed E-state index contributed by atoms with van der Waals surface area (Å²) in [5.74, 6) is 0.397. The van der Waals surface area contributed by atoms with Crippen LogP contribution in [0.4, 0.5) is 5.82 Å². The van der Waals surface area contributed by atoms with E-state index in [4.69, 9.17) is 4.42 Å². The van der Waals surface area contributed by atoms with Crippen molar-refractivity contribution in [3.05, 3.63) is 90.1 Å². The Kier molecular flexibility index (Phi) is 6.57. The van der Waals surface area contributed by atoms with E-state index in [0.29, 0.717) is 24.4 Å². The van der Waals surface area contributed by atoms with Crippen molar-refractivity contribution in [3.63, 3.8) is 0 Å². The lowest BCUT2D eigenvalue weighted by Gasteiger charge is -2.11. The highest BCUT2D eigenvalue weighted by Gasteiger charge is 2.14. The van der Waals surface area contributed by atoms with Crippen LogP contribution in [-0.2, 0) is 4.79 Å². The third-order valence-corrected chi connectivity index (χ3v) is 3.74. The molecule has 0 aliphatic heterocycles. The van der Waals surface area contributed by atoms with Gasteiger partial charge in [-0.3, -0.25) is 9.59 Å². The van der Waals surface area contributed by atoms with Crippen molar-refractivity contribution in [1.29, 1.82) is 0 Å². The molecule has 0 saturated heterocycles. The summed E-state index contributed by atoms with van der Waals surface area (Å²) in [5.41, 5.74) is 0.555. The van der Waals surface area contributed by atoms with E-state index in [1.807, 2.05) is 24.3 Å². The second-order valence-electron chi connectivity index (χ2n) is 5.79. The van der Waals surface area contributed by atoms with Gasteiger partial charge in [-0.05, 0) is 36.4 Å². The van der Waals surface area contributed by atoms with Crippen molar-refractivity contribution < 1.29 is 14.0 Å². The zero-order valence-corrected chi connectivity index (χ0v) is 15.1. The second-order valence-corrected chi connectivity index (χ2v) is 5.79. The second kappa shape index (κ2) is 9.72. The molecule has 2 amide bonds. The molecular weight excluding hydrogens is 356 g/mol. The van der Waals surface area contributed by atoms with Crippen molar-refractivity contribution in [1.82, 2.24) is 15.6 Å². The highest BCUT2D eigenvalue weighted by Crippen LogP contribution is 2.08. The summed E-state index contributed by atoms with van der Waals surface area (Å²) in [6, 6.07) is 17.6. The molecule has 142 valence electrons. The van der Waals surface area contributed by atoms with Crippen molar-refractivity contribution in [3.8, 4) is 0 Å². The average molecular weight is 376 g/mol. The minimum Gasteiger partial charge on any atom is -0.465 e. The molecule has 0 fully saturated rings. The molecule has 2 aromatic heterocycles. The Morgan fingerprint density at radius 3 is 2.50 bits per heavy atom. The van der Waals surface area contributed by atoms with Crippen LogP contribution < -0.4 is 16.0 Å². The molecule has 0 bridgehead atoms. The first-order chi connectivity index (χ1) is 13.7. The molecule has 3 rings (SSSR count). The van der Waals surface area contributed by atoms with Crippen molar-refractivity contribution in [2.24, 2.45) is 0 Å². The molecule has 3 N–H and O–H groups in total. The van der Waals surface area contributed by atoms with E-state index in [0.717, 1.165) is 5.82 Å². The van der Waals surface area contributed by atoms with E-state index in [-0.39, 0.29) is 11.6 Å². The fourth-order valence-corrected chi connectivity index (χ4v) is 2.39. The van der Waals surface area contributed by atoms with Crippen LogP contribution >= 0.6 is 0 Å². The molecule has 1 aromatic carbocycles. The van der Waals surface area contributed by atoms with Crippen LogP contribution in [0.5, 0.6) is 0 Å². The van der Waals surface area contributed by atoms with Gasteiger partial charge >= 0.3 is 0 Å². The Hall–Kier alpha value is -3.87. The number of benzene rings is 1. The van der Waals surface area contributed by atoms with Crippen LogP contribution in [0.25, 0.3) is 6.08 Å². The summed E-state index contributed by atoms with van der Waals surface area (Å²) in [7, 11) is 0. The topological polar surface area (TPSA) is 96.3 Å². The molecule has 0 saturated carbocycles. The van der Waals surface area contributed by atoms with Gasteiger partial charge in [0, 0.05) is 30.9 Å². The van der Waals surface area contributed by atoms with Gasteiger partial charge in [0.05, 0.1) is 6.26 Å². The normalized spacial score (nSPS) is 10.9. The van der Waals surface area contributed by atoms with E-state index >= 15 is 0 Å². The zero-order chi connectivity index (χ0) is 19.6. The van der Waals surface area contributed by atoms with E-state index in [9.17, 15) is 9.59 Å². The predicted octanol–water partition coefficient (Wildman–Crippen LogP) is 2.67. The standard InChI is InChI=1S/C21H20N4O3/c26-20(16-7-2-1-3-8-16)25-18(15-17-9-6-14-28-17)21(27)24-13-12-23-19-10-4-5-11-22-19/h1-11,14-15H,12-13H2,(H,22,23)(H,24,27)(H,25,26)/b18-15-. The van der Waals surface area contributed by atoms with E-state index < -0.39 is 5.91 Å². The van der Waals surface area contributed by atoms with Crippen LogP contribution in [0, 0.1) is 0 Å². The number of nitrogens with zero attached hydrogens (tertiary/aromatic N) is 1. The SMILES string of the molecule is O=C(NCCNc1ccccn1)/C(=C/c1ccco1)NC(=O)c1ccccc1. The number of rotatable bonds is 8. The minimum atomic E-state index is -0.413. The number of carbonyl (C=O) groups excluding carboxylic acids is 2. The fraction of sp³-hybridized carbons (Fsp3) is 0.0952. The molecule has 3 aromatic rings. The first kappa shape index (κ1) is 18.9. The Morgan fingerprint density at radius 2 is 1.79 bits per heavy atom. The lowest BCUT2D eigenvalue weighted by molar-refractivity contribution is -0.117. The average Bonchev–Trinajstić information content (AvgIpc) is 3.25. The predicted molar refractivity (Wildman–Crippen MR) is 106 cm³/mol. The number of carbonyl (C=O) groups is 2. The third kappa shape index (κ3) is 5.57. The maximum Gasteiger partial charge on any atom is 0.268 e. The van der Waals surface area contributed by atoms with Gasteiger partial charge in [-0.25, -0.2) is 4.98 Å². The fourth-order valence-electron chi connectivity index (χ4n) is 2.39. The Morgan fingerprint density at radius 1 is 0.964 bits per heavy atom. The van der Waals surface area contributed by atoms with Gasteiger partial charge in [0.15, 0.2) is 0 Å². The summed E-state index contributed by atoms with van der Waals surface area (Å²) < 4.78 is 5.26. The lowest BCUT2D eigenvalue weighted by atomic mass is 10.2. The van der Waals surface area contributed by atoms with Gasteiger partial charge in [-0.2, -0.15) is 0 Å². The van der Waals surface area contributed by atoms with Crippen molar-refractivity contribution in [2.75, 3.05) is 18.4 Å². The Balaban J connectivity index is 1.61. The number of aromatic nitrogens is 1. The van der Waals surface area contributed by atoms with Gasteiger partial charge in [0.2, 0.25) is 0 Å². The van der Waals surface area contributed by atoms with Crippen molar-refractivity contribution in [2.45, 2.75) is 0 Å². The molecule has 2 heterocycles. The van der Waals surface area contributed by atoms with Gasteiger partial charge in [0.1, 0.15) is 17.3 Å². The number of nitrogens with one attached hydrogen (secondary N) is 3. The summed E-state index contributed by atoms with van der Waals surface area (Å²) in [6.45, 7) is 0.843. The van der Waals surface area contributed by atoms with E-state index in [1.54, 1.807) is 42.6 Å². The number of pyridine rings is 1. The van der Waals surface area contributed by atoms with Gasteiger partial charge in [0.25, 0.3) is 11.8 Å². The number of furan rings is 1. The molecule has 7 heteroatoms. The number of hydrogen-bond donors (Lipinski definition) is 3. The maximum atomic E-state index is 12.6. The van der Waals surface area contributed by atoms with Crippen LogP contribution in [0.3, 0.4) is 0 Å². The van der Waals surface area contributed by atoms with Crippen LogP contribution in [0.15, 0.2) is 83.2 Å². The summed E-state index contributed by atoms with van der Waals surface area (Å²) in [6.07, 6.45) is 4.67. The van der Waals surface area contributed by atoms with E-state index in [1.165, 1.54) is 12.3 Å². The summed E-state index contributed by atoms with van der Waals surface area (Å²) >= 11 is 0. The molecule has 0 unspecified atom stereocenters. The van der Waals surface area contributed by atoms with Gasteiger partial charge in [-0.1, -0.05) is 24.3 Å². The monoisotopic (exact) mass is 376 g/mol. The van der Waals surface area contributed by atoms with Crippen LogP contribution in [-0.4, -0.2) is 29.9 Å². The Labute approximate surface area is 162 Å². The third-order valence-electron chi connectivity index (χ3n) is 3.74. The maximum absolute atomic E-state index is 12.6. The first-order valence-electron chi connectivity index (χ1n) is 8.77. The number of anilines is 1. The molecule has 0 spiro atoms. The van der Waals surface area contributed by atoms with Gasteiger partial charge in [-0.15, -0.1) is 0 Å². The van der Waals surface area contributed by atoms with Crippen molar-refractivity contribution >= 4 is 23.7 Å². The number of amides is 2. The van der Waals surface area contributed by atoms with Crippen LogP contribution in [0.1, 0.15) is 16.1 Å². The van der Waals surface area contributed by atoms with Gasteiger partial charge < -0.3 is 20.4 Å². The minimum absolute atomic E-state index is 0.0987. The molecule has 0 aliphatic carbocycles. The van der Waals surface area contributed by atoms with E-state index in [2.05, 4.69) is 20.9 Å². The molecule has 7 nitrogen and oxygen atoms in total. The molecular formula is C21H20N4O3. The molecule has 0 radical (unpaired) electrons. The number of hydrogen-bond acceptors (Lipinski definition) is 5. The molecule has 0 atom stereocenters.